The minimum Gasteiger partial charge on any atom is -0.317 e. The number of hydrogen-bond acceptors (Lipinski definition) is 3. The topological polar surface area (TPSA) is 55.2 Å². The van der Waals surface area contributed by atoms with Gasteiger partial charge in [0, 0.05) is 22.7 Å². The van der Waals surface area contributed by atoms with E-state index in [0.717, 1.165) is 5.56 Å². The van der Waals surface area contributed by atoms with Crippen LogP contribution in [0.1, 0.15) is 19.4 Å². The quantitative estimate of drug-likeness (QED) is 0.651. The summed E-state index contributed by atoms with van der Waals surface area (Å²) in [5.41, 5.74) is 0.835. The third-order valence-corrected chi connectivity index (χ3v) is 3.33. The lowest BCUT2D eigenvalue weighted by Gasteiger charge is -2.19. The highest BCUT2D eigenvalue weighted by Gasteiger charge is 2.18. The van der Waals surface area contributed by atoms with Gasteiger partial charge < -0.3 is 5.32 Å². The van der Waals surface area contributed by atoms with Crippen LogP contribution in [0.5, 0.6) is 0 Å². The number of nitrogens with zero attached hydrogens (tertiary/aromatic N) is 1. The Morgan fingerprint density at radius 2 is 2.12 bits per heavy atom. The highest BCUT2D eigenvalue weighted by molar-refractivity contribution is 6.30. The minimum absolute atomic E-state index is 0.104. The lowest BCUT2D eigenvalue weighted by Crippen LogP contribution is -2.30. The zero-order chi connectivity index (χ0) is 13.0. The van der Waals surface area contributed by atoms with Gasteiger partial charge in [-0.05, 0) is 32.4 Å². The van der Waals surface area contributed by atoms with E-state index in [9.17, 15) is 10.1 Å². The Morgan fingerprint density at radius 1 is 1.47 bits per heavy atom. The summed E-state index contributed by atoms with van der Waals surface area (Å²) in [7, 11) is 1.89. The van der Waals surface area contributed by atoms with Crippen LogP contribution in [0.2, 0.25) is 5.02 Å². The predicted octanol–water partition coefficient (Wildman–Crippen LogP) is 3.03. The fourth-order valence-electron chi connectivity index (χ4n) is 1.69. The van der Waals surface area contributed by atoms with E-state index < -0.39 is 0 Å². The molecule has 4 nitrogen and oxygen atoms in total. The predicted molar refractivity (Wildman–Crippen MR) is 69.5 cm³/mol. The van der Waals surface area contributed by atoms with Crippen LogP contribution in [0.15, 0.2) is 18.2 Å². The Balaban J connectivity index is 2.94. The summed E-state index contributed by atoms with van der Waals surface area (Å²) in [6, 6.07) is 5.15. The van der Waals surface area contributed by atoms with E-state index in [1.165, 1.54) is 6.07 Å². The maximum atomic E-state index is 10.9. The van der Waals surface area contributed by atoms with Gasteiger partial charge in [-0.2, -0.15) is 0 Å². The van der Waals surface area contributed by atoms with Crippen molar-refractivity contribution in [3.8, 4) is 0 Å². The fraction of sp³-hybridized carbons (Fsp3) is 0.500. The van der Waals surface area contributed by atoms with Gasteiger partial charge in [-0.1, -0.05) is 24.6 Å². The van der Waals surface area contributed by atoms with Gasteiger partial charge in [-0.15, -0.1) is 0 Å². The van der Waals surface area contributed by atoms with Crippen molar-refractivity contribution in [1.29, 1.82) is 0 Å². The largest absolute Gasteiger partial charge is 0.317 e. The van der Waals surface area contributed by atoms with E-state index in [4.69, 9.17) is 11.6 Å². The molecule has 0 aliphatic rings. The first-order chi connectivity index (χ1) is 7.95. The molecule has 0 heterocycles. The molecular weight excluding hydrogens is 240 g/mol. The standard InChI is InChI=1S/C12H17ClN2O2/c1-8(9(2)14-3)6-10-4-5-11(13)7-12(10)15(16)17/h4-5,7-9,14H,6H2,1-3H3. The molecular formula is C12H17ClN2O2. The van der Waals surface area contributed by atoms with Crippen LogP contribution in [0.4, 0.5) is 5.69 Å². The van der Waals surface area contributed by atoms with Crippen LogP contribution in [0.25, 0.3) is 0 Å². The second-order valence-corrected chi connectivity index (χ2v) is 4.73. The van der Waals surface area contributed by atoms with Crippen LogP contribution in [-0.2, 0) is 6.42 Å². The van der Waals surface area contributed by atoms with E-state index in [1.807, 2.05) is 7.05 Å². The molecule has 17 heavy (non-hydrogen) atoms. The number of halogens is 1. The minimum atomic E-state index is -0.377. The number of benzene rings is 1. The molecule has 1 aromatic carbocycles. The average Bonchev–Trinajstić information content (AvgIpc) is 2.29. The molecule has 1 N–H and O–H groups in total. The van der Waals surface area contributed by atoms with Crippen LogP contribution >= 0.6 is 11.6 Å². The van der Waals surface area contributed by atoms with Gasteiger partial charge in [0.15, 0.2) is 0 Å². The molecule has 94 valence electrons. The molecule has 1 aromatic rings. The van der Waals surface area contributed by atoms with Gasteiger partial charge in [-0.25, -0.2) is 0 Å². The molecule has 2 unspecified atom stereocenters. The van der Waals surface area contributed by atoms with Crippen LogP contribution in [0, 0.1) is 16.0 Å². The highest BCUT2D eigenvalue weighted by atomic mass is 35.5. The molecule has 0 fully saturated rings. The average molecular weight is 257 g/mol. The smallest absolute Gasteiger partial charge is 0.274 e. The van der Waals surface area contributed by atoms with Gasteiger partial charge in [0.2, 0.25) is 0 Å². The normalized spacial score (nSPS) is 14.4. The van der Waals surface area contributed by atoms with Crippen LogP contribution in [-0.4, -0.2) is 18.0 Å². The summed E-state index contributed by atoms with van der Waals surface area (Å²) in [5, 5.41) is 14.5. The molecule has 0 radical (unpaired) electrons. The molecule has 0 saturated heterocycles. The maximum Gasteiger partial charge on any atom is 0.274 e. The van der Waals surface area contributed by atoms with Crippen molar-refractivity contribution >= 4 is 17.3 Å². The Kier molecular flexibility index (Phi) is 4.90. The third kappa shape index (κ3) is 3.68. The molecule has 0 aliphatic carbocycles. The van der Waals surface area contributed by atoms with Crippen molar-refractivity contribution in [3.63, 3.8) is 0 Å². The van der Waals surface area contributed by atoms with Gasteiger partial charge in [0.05, 0.1) is 4.92 Å². The molecule has 0 aromatic heterocycles. The van der Waals surface area contributed by atoms with Gasteiger partial charge in [0.25, 0.3) is 5.69 Å². The highest BCUT2D eigenvalue weighted by Crippen LogP contribution is 2.26. The number of nitrogens with one attached hydrogen (secondary N) is 1. The number of nitro benzene ring substituents is 1. The van der Waals surface area contributed by atoms with E-state index in [0.29, 0.717) is 23.4 Å². The van der Waals surface area contributed by atoms with Crippen molar-refractivity contribution in [3.05, 3.63) is 38.9 Å². The van der Waals surface area contributed by atoms with Crippen molar-refractivity contribution in [2.75, 3.05) is 7.05 Å². The Labute approximate surface area is 106 Å². The van der Waals surface area contributed by atoms with Crippen LogP contribution in [0.3, 0.4) is 0 Å². The van der Waals surface area contributed by atoms with E-state index in [2.05, 4.69) is 19.2 Å². The summed E-state index contributed by atoms with van der Waals surface area (Å²) in [6.45, 7) is 4.13. The molecule has 0 spiro atoms. The van der Waals surface area contributed by atoms with Crippen molar-refractivity contribution < 1.29 is 4.92 Å². The van der Waals surface area contributed by atoms with Crippen molar-refractivity contribution in [2.45, 2.75) is 26.3 Å². The summed E-state index contributed by atoms with van der Waals surface area (Å²) >= 11 is 5.77. The summed E-state index contributed by atoms with van der Waals surface area (Å²) in [5.74, 6) is 0.319. The monoisotopic (exact) mass is 256 g/mol. The second kappa shape index (κ2) is 5.98. The molecule has 0 saturated carbocycles. The fourth-order valence-corrected chi connectivity index (χ4v) is 1.85. The summed E-state index contributed by atoms with van der Waals surface area (Å²) in [6.07, 6.45) is 0.662. The van der Waals surface area contributed by atoms with Crippen molar-refractivity contribution in [2.24, 2.45) is 5.92 Å². The first-order valence-electron chi connectivity index (χ1n) is 5.55. The Hall–Kier alpha value is -1.13. The zero-order valence-electron chi connectivity index (χ0n) is 10.2. The van der Waals surface area contributed by atoms with Gasteiger partial charge >= 0.3 is 0 Å². The second-order valence-electron chi connectivity index (χ2n) is 4.29. The van der Waals surface area contributed by atoms with E-state index >= 15 is 0 Å². The molecule has 0 amide bonds. The van der Waals surface area contributed by atoms with Gasteiger partial charge in [0.1, 0.15) is 0 Å². The SMILES string of the molecule is CNC(C)C(C)Cc1ccc(Cl)cc1[N+](=O)[O-]. The van der Waals surface area contributed by atoms with Gasteiger partial charge in [-0.3, -0.25) is 10.1 Å². The first-order valence-corrected chi connectivity index (χ1v) is 5.93. The Bertz CT molecular complexity index is 409. The molecule has 0 bridgehead atoms. The number of nitro groups is 1. The lowest BCUT2D eigenvalue weighted by molar-refractivity contribution is -0.385. The summed E-state index contributed by atoms with van der Waals surface area (Å²) in [4.78, 5) is 10.5. The zero-order valence-corrected chi connectivity index (χ0v) is 11.0. The van der Waals surface area contributed by atoms with E-state index in [-0.39, 0.29) is 10.6 Å². The first kappa shape index (κ1) is 13.9. The maximum absolute atomic E-state index is 10.9. The molecule has 5 heteroatoms. The third-order valence-electron chi connectivity index (χ3n) is 3.09. The lowest BCUT2D eigenvalue weighted by atomic mass is 9.94. The van der Waals surface area contributed by atoms with Crippen LogP contribution < -0.4 is 5.32 Å². The molecule has 1 rings (SSSR count). The summed E-state index contributed by atoms with van der Waals surface area (Å²) < 4.78 is 0. The van der Waals surface area contributed by atoms with Crippen molar-refractivity contribution in [1.82, 2.24) is 5.32 Å². The molecule has 0 aliphatic heterocycles. The van der Waals surface area contributed by atoms with E-state index in [1.54, 1.807) is 12.1 Å². The number of rotatable bonds is 5. The number of hydrogen-bond donors (Lipinski definition) is 1. The Morgan fingerprint density at radius 3 is 2.65 bits per heavy atom. The molecule has 2 atom stereocenters.